The van der Waals surface area contributed by atoms with Crippen LogP contribution in [0.25, 0.3) is 0 Å². The van der Waals surface area contributed by atoms with Crippen LogP contribution in [0.4, 0.5) is 0 Å². The Bertz CT molecular complexity index is 323. The molecule has 0 N–H and O–H groups in total. The van der Waals surface area contributed by atoms with Gasteiger partial charge in [-0.2, -0.15) is 0 Å². The van der Waals surface area contributed by atoms with E-state index in [-0.39, 0.29) is 0 Å². The second-order valence-electron chi connectivity index (χ2n) is 4.84. The van der Waals surface area contributed by atoms with Crippen LogP contribution in [0, 0.1) is 0 Å². The van der Waals surface area contributed by atoms with Gasteiger partial charge in [0.05, 0.1) is 5.33 Å². The van der Waals surface area contributed by atoms with Crippen molar-refractivity contribution in [3.05, 3.63) is 11.6 Å². The van der Waals surface area contributed by atoms with Gasteiger partial charge in [0.25, 0.3) is 0 Å². The fourth-order valence-corrected chi connectivity index (χ4v) is 2.62. The van der Waals surface area contributed by atoms with E-state index in [1.165, 1.54) is 44.3 Å². The minimum Gasteiger partial charge on any atom is -0.314 e. The molecule has 0 atom stereocenters. The van der Waals surface area contributed by atoms with Crippen LogP contribution >= 0.6 is 15.9 Å². The first-order valence-corrected chi connectivity index (χ1v) is 8.42. The molecule has 0 fully saturated rings. The summed E-state index contributed by atoms with van der Waals surface area (Å²) >= 11 is 3.48. The Balaban J connectivity index is 2.34. The van der Waals surface area contributed by atoms with E-state index in [0.717, 1.165) is 30.5 Å². The molecule has 104 valence electrons. The first-order valence-electron chi connectivity index (χ1n) is 7.30. The smallest absolute Gasteiger partial charge is 0.143 e. The molecule has 1 rings (SSSR count). The number of nitrogens with zero attached hydrogens (tertiary/aromatic N) is 3. The molecule has 0 saturated carbocycles. The van der Waals surface area contributed by atoms with E-state index in [1.54, 1.807) is 0 Å². The number of unbranched alkanes of at least 4 members (excludes halogenated alkanes) is 5. The van der Waals surface area contributed by atoms with Crippen LogP contribution in [-0.2, 0) is 18.3 Å². The number of aromatic nitrogens is 3. The molecule has 0 aliphatic heterocycles. The summed E-state index contributed by atoms with van der Waals surface area (Å²) in [6, 6.07) is 0. The summed E-state index contributed by atoms with van der Waals surface area (Å²) in [6.45, 7) is 5.50. The van der Waals surface area contributed by atoms with Crippen molar-refractivity contribution in [3.8, 4) is 0 Å². The van der Waals surface area contributed by atoms with Gasteiger partial charge in [-0.05, 0) is 12.8 Å². The highest BCUT2D eigenvalue weighted by atomic mass is 79.9. The van der Waals surface area contributed by atoms with Gasteiger partial charge in [0.1, 0.15) is 11.6 Å². The van der Waals surface area contributed by atoms with Gasteiger partial charge in [0.15, 0.2) is 0 Å². The quantitative estimate of drug-likeness (QED) is 0.470. The van der Waals surface area contributed by atoms with Crippen LogP contribution in [0.3, 0.4) is 0 Å². The zero-order valence-corrected chi connectivity index (χ0v) is 13.4. The SMILES string of the molecule is CCCCCCCCc1nnc(CBr)n1CCC. The maximum absolute atomic E-state index is 4.32. The average Bonchev–Trinajstić information content (AvgIpc) is 2.77. The number of halogens is 1. The summed E-state index contributed by atoms with van der Waals surface area (Å²) < 4.78 is 2.28. The molecular weight excluding hydrogens is 290 g/mol. The molecular formula is C14H26BrN3. The number of hydrogen-bond donors (Lipinski definition) is 0. The van der Waals surface area contributed by atoms with Crippen LogP contribution in [0.1, 0.15) is 70.4 Å². The van der Waals surface area contributed by atoms with Gasteiger partial charge in [0.2, 0.25) is 0 Å². The fourth-order valence-electron chi connectivity index (χ4n) is 2.20. The molecule has 0 aromatic carbocycles. The molecule has 0 radical (unpaired) electrons. The fraction of sp³-hybridized carbons (Fsp3) is 0.857. The normalized spacial score (nSPS) is 11.1. The monoisotopic (exact) mass is 315 g/mol. The topological polar surface area (TPSA) is 30.7 Å². The highest BCUT2D eigenvalue weighted by molar-refractivity contribution is 9.08. The van der Waals surface area contributed by atoms with Crippen LogP contribution in [0.2, 0.25) is 0 Å². The van der Waals surface area contributed by atoms with Crippen molar-refractivity contribution < 1.29 is 0 Å². The van der Waals surface area contributed by atoms with E-state index < -0.39 is 0 Å². The zero-order valence-electron chi connectivity index (χ0n) is 11.8. The highest BCUT2D eigenvalue weighted by Crippen LogP contribution is 2.12. The van der Waals surface area contributed by atoms with Crippen molar-refractivity contribution >= 4 is 15.9 Å². The third kappa shape index (κ3) is 5.09. The summed E-state index contributed by atoms with van der Waals surface area (Å²) in [5, 5.41) is 9.37. The third-order valence-electron chi connectivity index (χ3n) is 3.22. The molecule has 0 unspecified atom stereocenters. The first kappa shape index (κ1) is 15.7. The molecule has 0 saturated heterocycles. The Morgan fingerprint density at radius 2 is 1.56 bits per heavy atom. The van der Waals surface area contributed by atoms with E-state index in [4.69, 9.17) is 0 Å². The number of alkyl halides is 1. The first-order chi connectivity index (χ1) is 8.83. The second-order valence-corrected chi connectivity index (χ2v) is 5.40. The molecule has 0 aliphatic carbocycles. The van der Waals surface area contributed by atoms with Crippen molar-refractivity contribution in [1.82, 2.24) is 14.8 Å². The minimum absolute atomic E-state index is 0.802. The molecule has 0 spiro atoms. The molecule has 4 heteroatoms. The van der Waals surface area contributed by atoms with Gasteiger partial charge in [-0.1, -0.05) is 61.9 Å². The molecule has 1 heterocycles. The van der Waals surface area contributed by atoms with Gasteiger partial charge in [-0.25, -0.2) is 0 Å². The lowest BCUT2D eigenvalue weighted by molar-refractivity contribution is 0.573. The Morgan fingerprint density at radius 1 is 0.889 bits per heavy atom. The van der Waals surface area contributed by atoms with Crippen molar-refractivity contribution in [2.45, 2.75) is 77.1 Å². The highest BCUT2D eigenvalue weighted by Gasteiger charge is 2.09. The van der Waals surface area contributed by atoms with E-state index in [0.29, 0.717) is 0 Å². The maximum Gasteiger partial charge on any atom is 0.143 e. The number of aryl methyl sites for hydroxylation is 1. The lowest BCUT2D eigenvalue weighted by Gasteiger charge is -2.07. The Labute approximate surface area is 120 Å². The summed E-state index contributed by atoms with van der Waals surface area (Å²) in [6.07, 6.45) is 10.2. The van der Waals surface area contributed by atoms with Crippen molar-refractivity contribution in [1.29, 1.82) is 0 Å². The molecule has 0 bridgehead atoms. The minimum atomic E-state index is 0.802. The Hall–Kier alpha value is -0.380. The van der Waals surface area contributed by atoms with Crippen molar-refractivity contribution in [3.63, 3.8) is 0 Å². The summed E-state index contributed by atoms with van der Waals surface area (Å²) in [7, 11) is 0. The molecule has 18 heavy (non-hydrogen) atoms. The van der Waals surface area contributed by atoms with E-state index in [9.17, 15) is 0 Å². The van der Waals surface area contributed by atoms with Crippen molar-refractivity contribution in [2.75, 3.05) is 0 Å². The molecule has 3 nitrogen and oxygen atoms in total. The van der Waals surface area contributed by atoms with E-state index in [1.807, 2.05) is 0 Å². The third-order valence-corrected chi connectivity index (χ3v) is 3.73. The number of hydrogen-bond acceptors (Lipinski definition) is 2. The lowest BCUT2D eigenvalue weighted by atomic mass is 10.1. The Kier molecular flexibility index (Phi) is 8.31. The molecule has 0 amide bonds. The summed E-state index contributed by atoms with van der Waals surface area (Å²) in [4.78, 5) is 0. The zero-order chi connectivity index (χ0) is 13.2. The van der Waals surface area contributed by atoms with Crippen LogP contribution < -0.4 is 0 Å². The van der Waals surface area contributed by atoms with Gasteiger partial charge in [0, 0.05) is 13.0 Å². The molecule has 1 aromatic rings. The molecule has 1 aromatic heterocycles. The van der Waals surface area contributed by atoms with E-state index in [2.05, 4.69) is 44.5 Å². The second kappa shape index (κ2) is 9.54. The average molecular weight is 316 g/mol. The largest absolute Gasteiger partial charge is 0.314 e. The Morgan fingerprint density at radius 3 is 2.22 bits per heavy atom. The predicted molar refractivity (Wildman–Crippen MR) is 80.0 cm³/mol. The standard InChI is InChI=1S/C14H26BrN3/c1-3-5-6-7-8-9-10-13-16-17-14(12-15)18(13)11-4-2/h3-12H2,1-2H3. The maximum atomic E-state index is 4.32. The van der Waals surface area contributed by atoms with Crippen LogP contribution in [-0.4, -0.2) is 14.8 Å². The van der Waals surface area contributed by atoms with Crippen LogP contribution in [0.5, 0.6) is 0 Å². The van der Waals surface area contributed by atoms with Gasteiger partial charge >= 0.3 is 0 Å². The van der Waals surface area contributed by atoms with Crippen LogP contribution in [0.15, 0.2) is 0 Å². The van der Waals surface area contributed by atoms with Gasteiger partial charge < -0.3 is 4.57 Å². The lowest BCUT2D eigenvalue weighted by Crippen LogP contribution is -2.06. The molecule has 0 aliphatic rings. The van der Waals surface area contributed by atoms with Crippen molar-refractivity contribution in [2.24, 2.45) is 0 Å². The predicted octanol–water partition coefficient (Wildman–Crippen LogP) is 4.49. The summed E-state index contributed by atoms with van der Waals surface area (Å²) in [5.74, 6) is 2.24. The van der Waals surface area contributed by atoms with E-state index >= 15 is 0 Å². The van der Waals surface area contributed by atoms with Gasteiger partial charge in [-0.15, -0.1) is 10.2 Å². The summed E-state index contributed by atoms with van der Waals surface area (Å²) in [5.41, 5.74) is 0. The number of rotatable bonds is 10. The van der Waals surface area contributed by atoms with Gasteiger partial charge in [-0.3, -0.25) is 0 Å².